The van der Waals surface area contributed by atoms with Crippen LogP contribution in [0.1, 0.15) is 61.8 Å². The molecule has 1 aliphatic rings. The monoisotopic (exact) mass is 649 g/mol. The molecule has 200 valence electrons. The molecule has 0 fully saturated rings. The third-order valence-corrected chi connectivity index (χ3v) is 7.26. The van der Waals surface area contributed by atoms with E-state index in [4.69, 9.17) is 0 Å². The van der Waals surface area contributed by atoms with Crippen molar-refractivity contribution in [2.45, 2.75) is 58.8 Å². The third-order valence-electron chi connectivity index (χ3n) is 7.26. The van der Waals surface area contributed by atoms with E-state index in [-0.39, 0.29) is 63.0 Å². The minimum atomic E-state index is 0. The fourth-order valence-corrected chi connectivity index (χ4v) is 5.08. The van der Waals surface area contributed by atoms with Gasteiger partial charge in [-0.25, -0.2) is 12.1 Å². The number of benzene rings is 2. The molecule has 0 nitrogen and oxygen atoms in total. The minimum absolute atomic E-state index is 0. The van der Waals surface area contributed by atoms with Crippen LogP contribution in [-0.2, 0) is 45.1 Å². The van der Waals surface area contributed by atoms with Crippen molar-refractivity contribution in [3.8, 4) is 0 Å². The molecule has 1 unspecified atom stereocenters. The number of fused-ring (bicyclic) bond motifs is 2. The molecule has 0 N–H and O–H groups in total. The summed E-state index contributed by atoms with van der Waals surface area (Å²) in [5.41, 5.74) is 6.67. The Kier molecular flexibility index (Phi) is 19.1. The van der Waals surface area contributed by atoms with Crippen molar-refractivity contribution < 1.29 is 25.8 Å². The molecule has 0 heterocycles. The van der Waals surface area contributed by atoms with E-state index in [1.54, 1.807) is 11.1 Å². The van der Waals surface area contributed by atoms with Crippen molar-refractivity contribution in [3.63, 3.8) is 0 Å². The van der Waals surface area contributed by atoms with E-state index in [0.717, 1.165) is 6.42 Å². The van der Waals surface area contributed by atoms with Crippen LogP contribution in [0.15, 0.2) is 84.9 Å². The zero-order chi connectivity index (χ0) is 21.0. The minimum Gasteiger partial charge on any atom is -0.358 e. The second-order valence-electron chi connectivity index (χ2n) is 9.11. The maximum atomic E-state index is 2.52. The van der Waals surface area contributed by atoms with E-state index >= 15 is 0 Å². The van der Waals surface area contributed by atoms with Crippen LogP contribution in [0.5, 0.6) is 0 Å². The zero-order valence-corrected chi connectivity index (χ0v) is 27.8. The van der Waals surface area contributed by atoms with Gasteiger partial charge in [0.25, 0.3) is 0 Å². The Morgan fingerprint density at radius 2 is 1.36 bits per heavy atom. The summed E-state index contributed by atoms with van der Waals surface area (Å²) in [5.74, 6) is 0.561. The predicted molar refractivity (Wildman–Crippen MR) is 163 cm³/mol. The molecule has 4 aromatic carbocycles. The topological polar surface area (TPSA) is 0 Å². The SMILES string of the molecule is CCC1(CC)Cc2cc3cc[c-](CC(C)c4ccccc4)c3cc2C1.[CH3-].[CH3-].[CH3-].[CH3-].[CH3-].[Hf].c1cc[cH-]c1. The van der Waals surface area contributed by atoms with Crippen LogP contribution in [0, 0.1) is 42.5 Å². The van der Waals surface area contributed by atoms with E-state index in [9.17, 15) is 0 Å². The number of hydrogen-bond acceptors (Lipinski definition) is 0. The molecule has 36 heavy (non-hydrogen) atoms. The van der Waals surface area contributed by atoms with Gasteiger partial charge in [0.1, 0.15) is 0 Å². The van der Waals surface area contributed by atoms with E-state index in [1.165, 1.54) is 47.6 Å². The molecule has 0 aliphatic heterocycles. The van der Waals surface area contributed by atoms with Crippen LogP contribution in [0.25, 0.3) is 10.8 Å². The Morgan fingerprint density at radius 1 is 0.806 bits per heavy atom. The van der Waals surface area contributed by atoms with Crippen LogP contribution in [0.4, 0.5) is 0 Å². The van der Waals surface area contributed by atoms with Gasteiger partial charge in [0.05, 0.1) is 0 Å². The normalized spacial score (nSPS) is 12.9. The second kappa shape index (κ2) is 17.7. The quantitative estimate of drug-likeness (QED) is 0.149. The molecular weight excluding hydrogens is 599 g/mol. The molecule has 4 aromatic rings. The first-order valence-electron chi connectivity index (χ1n) is 11.6. The van der Waals surface area contributed by atoms with Crippen molar-refractivity contribution in [3.05, 3.63) is 144 Å². The predicted octanol–water partition coefficient (Wildman–Crippen LogP) is 10.5. The summed E-state index contributed by atoms with van der Waals surface area (Å²) in [5, 5.41) is 2.93. The Hall–Kier alpha value is -1.73. The van der Waals surface area contributed by atoms with Crippen molar-refractivity contribution >= 4 is 10.8 Å². The van der Waals surface area contributed by atoms with Crippen LogP contribution in [-0.4, -0.2) is 0 Å². The maximum Gasteiger partial charge on any atom is 0 e. The van der Waals surface area contributed by atoms with Gasteiger partial charge in [0, 0.05) is 25.8 Å². The molecule has 1 heteroatoms. The van der Waals surface area contributed by atoms with Crippen LogP contribution in [0.3, 0.4) is 0 Å². The standard InChI is InChI=1S/C25H29.C5H5.5CH3.Hf/c1-4-25(5-2)16-22-14-21-12-11-20(24(21)15-23(22)17-25)13-18(3)19-9-7-6-8-10-19;1-2-4-5-3-1;;;;;;/h6-12,14-15,18H,4-5,13,16-17H2,1-3H3;1-5H;5*1H3;/q7*-1;. The molecule has 0 radical (unpaired) electrons. The first-order valence-corrected chi connectivity index (χ1v) is 11.6. The van der Waals surface area contributed by atoms with Gasteiger partial charge in [0.15, 0.2) is 0 Å². The number of rotatable bonds is 5. The molecule has 0 saturated heterocycles. The van der Waals surface area contributed by atoms with Gasteiger partial charge in [-0.05, 0) is 42.6 Å². The van der Waals surface area contributed by atoms with Crippen LogP contribution >= 0.6 is 0 Å². The molecule has 0 spiro atoms. The molecule has 0 aromatic heterocycles. The molecule has 0 amide bonds. The Bertz CT molecular complexity index is 1030. The third kappa shape index (κ3) is 8.69. The average Bonchev–Trinajstić information content (AvgIpc) is 3.54. The van der Waals surface area contributed by atoms with Crippen LogP contribution < -0.4 is 0 Å². The average molecular weight is 648 g/mol. The van der Waals surface area contributed by atoms with Gasteiger partial charge < -0.3 is 37.1 Å². The molecular formula is C35H49Hf-7. The van der Waals surface area contributed by atoms with E-state index < -0.39 is 0 Å². The first-order chi connectivity index (χ1) is 14.6. The Balaban J connectivity index is -0.000000893. The van der Waals surface area contributed by atoms with Gasteiger partial charge in [-0.15, -0.1) is 34.5 Å². The van der Waals surface area contributed by atoms with Gasteiger partial charge in [-0.1, -0.05) is 68.7 Å². The smallest absolute Gasteiger partial charge is 0 e. The van der Waals surface area contributed by atoms with Gasteiger partial charge in [-0.2, -0.15) is 24.3 Å². The summed E-state index contributed by atoms with van der Waals surface area (Å²) in [6.07, 6.45) is 6.25. The summed E-state index contributed by atoms with van der Waals surface area (Å²) >= 11 is 0. The second-order valence-corrected chi connectivity index (χ2v) is 9.11. The fraction of sp³-hybridized carbons (Fsp3) is 0.286. The molecule has 1 aliphatic carbocycles. The Labute approximate surface area is 244 Å². The summed E-state index contributed by atoms with van der Waals surface area (Å²) in [7, 11) is 0. The summed E-state index contributed by atoms with van der Waals surface area (Å²) in [6, 6.07) is 30.6. The van der Waals surface area contributed by atoms with Crippen molar-refractivity contribution in [1.29, 1.82) is 0 Å². The summed E-state index contributed by atoms with van der Waals surface area (Å²) in [4.78, 5) is 0. The molecule has 1 atom stereocenters. The van der Waals surface area contributed by atoms with Crippen molar-refractivity contribution in [1.82, 2.24) is 0 Å². The van der Waals surface area contributed by atoms with E-state index in [2.05, 4.69) is 75.4 Å². The van der Waals surface area contributed by atoms with E-state index in [0.29, 0.717) is 11.3 Å². The van der Waals surface area contributed by atoms with Crippen LogP contribution in [0.2, 0.25) is 0 Å². The largest absolute Gasteiger partial charge is 0.358 e. The first kappa shape index (κ1) is 38.8. The molecule has 0 saturated carbocycles. The fourth-order valence-electron chi connectivity index (χ4n) is 5.08. The van der Waals surface area contributed by atoms with Gasteiger partial charge in [-0.3, -0.25) is 0 Å². The van der Waals surface area contributed by atoms with Gasteiger partial charge in [0.2, 0.25) is 0 Å². The van der Waals surface area contributed by atoms with Crippen molar-refractivity contribution in [2.24, 2.45) is 5.41 Å². The van der Waals surface area contributed by atoms with Gasteiger partial charge >= 0.3 is 0 Å². The molecule has 0 bridgehead atoms. The van der Waals surface area contributed by atoms with E-state index in [1.807, 2.05) is 30.3 Å². The van der Waals surface area contributed by atoms with Crippen molar-refractivity contribution in [2.75, 3.05) is 0 Å². The number of hydrogen-bond donors (Lipinski definition) is 0. The summed E-state index contributed by atoms with van der Waals surface area (Å²) < 4.78 is 0. The molecule has 5 rings (SSSR count). The Morgan fingerprint density at radius 3 is 1.86 bits per heavy atom. The zero-order valence-electron chi connectivity index (χ0n) is 24.2. The maximum absolute atomic E-state index is 2.52. The summed E-state index contributed by atoms with van der Waals surface area (Å²) in [6.45, 7) is 7.07.